The van der Waals surface area contributed by atoms with Crippen LogP contribution in [0.4, 0.5) is 4.79 Å². The number of rotatable bonds is 6. The first-order valence-electron chi connectivity index (χ1n) is 9.79. The van der Waals surface area contributed by atoms with Gasteiger partial charge in [-0.3, -0.25) is 9.59 Å². The van der Waals surface area contributed by atoms with E-state index in [2.05, 4.69) is 20.9 Å². The fourth-order valence-electron chi connectivity index (χ4n) is 3.47. The lowest BCUT2D eigenvalue weighted by Gasteiger charge is -2.36. The van der Waals surface area contributed by atoms with Gasteiger partial charge in [0.1, 0.15) is 12.1 Å². The minimum Gasteiger partial charge on any atom is -0.368 e. The molecule has 4 amide bonds. The molecule has 1 fully saturated rings. The maximum Gasteiger partial charge on any atom is 0.318 e. The number of nitrogens with zero attached hydrogens (tertiary/aromatic N) is 1. The number of nitrogens with two attached hydrogens (primary N) is 1. The molecule has 1 aromatic carbocycles. The summed E-state index contributed by atoms with van der Waals surface area (Å²) < 4.78 is 0. The third-order valence-electron chi connectivity index (χ3n) is 4.89. The third kappa shape index (κ3) is 5.05. The van der Waals surface area contributed by atoms with Gasteiger partial charge < -0.3 is 31.6 Å². The number of fused-ring (bicyclic) bond motifs is 1. The number of H-pyrrole nitrogens is 1. The van der Waals surface area contributed by atoms with Gasteiger partial charge >= 0.3 is 6.03 Å². The summed E-state index contributed by atoms with van der Waals surface area (Å²) in [5.74, 6) is -1.03. The van der Waals surface area contributed by atoms with E-state index in [4.69, 9.17) is 5.73 Å². The lowest BCUT2D eigenvalue weighted by molar-refractivity contribution is -0.130. The number of benzene rings is 1. The number of primary amides is 1. The van der Waals surface area contributed by atoms with E-state index >= 15 is 0 Å². The highest BCUT2D eigenvalue weighted by molar-refractivity contribution is 5.92. The summed E-state index contributed by atoms with van der Waals surface area (Å²) >= 11 is 0. The number of amides is 4. The molecule has 1 aliphatic rings. The van der Waals surface area contributed by atoms with E-state index in [-0.39, 0.29) is 18.5 Å². The molecule has 0 saturated carbocycles. The van der Waals surface area contributed by atoms with E-state index in [9.17, 15) is 14.4 Å². The van der Waals surface area contributed by atoms with Gasteiger partial charge in [0.2, 0.25) is 11.8 Å². The largest absolute Gasteiger partial charge is 0.368 e. The van der Waals surface area contributed by atoms with Crippen LogP contribution in [0.25, 0.3) is 10.9 Å². The molecule has 0 bridgehead atoms. The maximum absolute atomic E-state index is 12.9. The van der Waals surface area contributed by atoms with Crippen molar-refractivity contribution in [2.24, 2.45) is 5.73 Å². The molecule has 1 aliphatic heterocycles. The number of para-hydroxylation sites is 1. The smallest absolute Gasteiger partial charge is 0.318 e. The van der Waals surface area contributed by atoms with Crippen molar-refractivity contribution in [2.75, 3.05) is 19.6 Å². The summed E-state index contributed by atoms with van der Waals surface area (Å²) in [4.78, 5) is 42.0. The van der Waals surface area contributed by atoms with E-state index in [0.717, 1.165) is 16.6 Å². The molecular weight excluding hydrogens is 372 g/mol. The second kappa shape index (κ2) is 8.95. The molecule has 6 N–H and O–H groups in total. The number of hydrogen-bond donors (Lipinski definition) is 5. The number of piperazine rings is 1. The minimum absolute atomic E-state index is 0.0403. The highest BCUT2D eigenvalue weighted by atomic mass is 16.2. The molecule has 0 unspecified atom stereocenters. The molecule has 29 heavy (non-hydrogen) atoms. The Labute approximate surface area is 169 Å². The topological polar surface area (TPSA) is 132 Å². The third-order valence-corrected chi connectivity index (χ3v) is 4.89. The first-order chi connectivity index (χ1) is 13.8. The van der Waals surface area contributed by atoms with E-state index < -0.39 is 23.9 Å². The van der Waals surface area contributed by atoms with E-state index in [1.807, 2.05) is 44.2 Å². The van der Waals surface area contributed by atoms with E-state index in [1.54, 1.807) is 0 Å². The molecule has 2 aromatic rings. The minimum atomic E-state index is -0.882. The van der Waals surface area contributed by atoms with Crippen molar-refractivity contribution >= 4 is 28.7 Å². The predicted octanol–water partition coefficient (Wildman–Crippen LogP) is 0.0723. The Hall–Kier alpha value is -3.07. The van der Waals surface area contributed by atoms with Gasteiger partial charge in [0.15, 0.2) is 0 Å². The van der Waals surface area contributed by atoms with Crippen LogP contribution in [-0.4, -0.2) is 65.5 Å². The molecule has 1 saturated heterocycles. The molecular formula is C20H28N6O3. The Morgan fingerprint density at radius 3 is 2.69 bits per heavy atom. The molecule has 0 spiro atoms. The van der Waals surface area contributed by atoms with Crippen LogP contribution in [0.1, 0.15) is 19.5 Å². The second-order valence-corrected chi connectivity index (χ2v) is 7.57. The van der Waals surface area contributed by atoms with Gasteiger partial charge in [0.25, 0.3) is 0 Å². The molecule has 3 rings (SSSR count). The van der Waals surface area contributed by atoms with Crippen LogP contribution in [0, 0.1) is 0 Å². The Bertz CT molecular complexity index is 860. The number of aromatic nitrogens is 1. The van der Waals surface area contributed by atoms with Gasteiger partial charge in [-0.2, -0.15) is 0 Å². The number of aromatic amines is 1. The van der Waals surface area contributed by atoms with Crippen molar-refractivity contribution in [1.82, 2.24) is 25.8 Å². The molecule has 0 radical (unpaired) electrons. The first kappa shape index (κ1) is 20.7. The number of carbonyl (C=O) groups is 3. The predicted molar refractivity (Wildman–Crippen MR) is 110 cm³/mol. The average Bonchev–Trinajstić information content (AvgIpc) is 3.09. The second-order valence-electron chi connectivity index (χ2n) is 7.57. The van der Waals surface area contributed by atoms with Crippen LogP contribution >= 0.6 is 0 Å². The number of hydrogen-bond acceptors (Lipinski definition) is 4. The highest BCUT2D eigenvalue weighted by Crippen LogP contribution is 2.16. The number of carbonyl (C=O) groups excluding carboxylic acids is 3. The van der Waals surface area contributed by atoms with Gasteiger partial charge in [0.05, 0.1) is 0 Å². The Morgan fingerprint density at radius 2 is 2.00 bits per heavy atom. The van der Waals surface area contributed by atoms with E-state index in [0.29, 0.717) is 19.6 Å². The quantitative estimate of drug-likeness (QED) is 0.469. The Balaban J connectivity index is 1.70. The molecule has 9 nitrogen and oxygen atoms in total. The van der Waals surface area contributed by atoms with Gasteiger partial charge in [-0.15, -0.1) is 0 Å². The van der Waals surface area contributed by atoms with Crippen LogP contribution in [0.15, 0.2) is 30.3 Å². The highest BCUT2D eigenvalue weighted by Gasteiger charge is 2.34. The standard InChI is InChI=1S/C20H28N6O3/c1-12(2)23-20(29)26-8-7-22-11-17(26)19(28)25-16(18(21)27)10-14-9-13-5-3-4-6-15(13)24-14/h3-6,9,12,16-17,22,24H,7-8,10-11H2,1-2H3,(H2,21,27)(H,23,29)(H,25,28)/t16-,17+/m1/s1. The van der Waals surface area contributed by atoms with Crippen LogP contribution in [0.3, 0.4) is 0 Å². The van der Waals surface area contributed by atoms with Crippen molar-refractivity contribution in [2.45, 2.75) is 38.4 Å². The molecule has 1 aromatic heterocycles. The molecule has 9 heteroatoms. The summed E-state index contributed by atoms with van der Waals surface area (Å²) in [5.41, 5.74) is 7.29. The zero-order valence-corrected chi connectivity index (χ0v) is 16.7. The first-order valence-corrected chi connectivity index (χ1v) is 9.79. The zero-order chi connectivity index (χ0) is 21.0. The SMILES string of the molecule is CC(C)NC(=O)N1CCNC[C@H]1C(=O)N[C@H](Cc1cc2ccccc2[nH]1)C(N)=O. The summed E-state index contributed by atoms with van der Waals surface area (Å²) in [6.45, 7) is 5.04. The Morgan fingerprint density at radius 1 is 1.24 bits per heavy atom. The maximum atomic E-state index is 12.9. The van der Waals surface area contributed by atoms with Crippen LogP contribution in [-0.2, 0) is 16.0 Å². The lowest BCUT2D eigenvalue weighted by atomic mass is 10.1. The summed E-state index contributed by atoms with van der Waals surface area (Å²) in [6, 6.07) is 7.75. The van der Waals surface area contributed by atoms with Crippen molar-refractivity contribution < 1.29 is 14.4 Å². The molecule has 2 atom stereocenters. The molecule has 156 valence electrons. The van der Waals surface area contributed by atoms with Gasteiger partial charge in [-0.25, -0.2) is 4.79 Å². The van der Waals surface area contributed by atoms with Crippen molar-refractivity contribution in [3.63, 3.8) is 0 Å². The summed E-state index contributed by atoms with van der Waals surface area (Å²) in [5, 5.41) is 9.67. The molecule has 2 heterocycles. The molecule has 0 aliphatic carbocycles. The van der Waals surface area contributed by atoms with Crippen LogP contribution < -0.4 is 21.7 Å². The van der Waals surface area contributed by atoms with Crippen LogP contribution in [0.2, 0.25) is 0 Å². The van der Waals surface area contributed by atoms with Crippen LogP contribution in [0.5, 0.6) is 0 Å². The van der Waals surface area contributed by atoms with Crippen molar-refractivity contribution in [3.05, 3.63) is 36.0 Å². The van der Waals surface area contributed by atoms with Crippen molar-refractivity contribution in [3.8, 4) is 0 Å². The fraction of sp³-hybridized carbons (Fsp3) is 0.450. The number of urea groups is 1. The average molecular weight is 400 g/mol. The summed E-state index contributed by atoms with van der Waals surface area (Å²) in [6.07, 6.45) is 0.244. The number of nitrogens with one attached hydrogen (secondary N) is 4. The Kier molecular flexibility index (Phi) is 6.38. The van der Waals surface area contributed by atoms with Crippen molar-refractivity contribution in [1.29, 1.82) is 0 Å². The summed E-state index contributed by atoms with van der Waals surface area (Å²) in [7, 11) is 0. The van der Waals surface area contributed by atoms with Gasteiger partial charge in [0, 0.05) is 43.3 Å². The zero-order valence-electron chi connectivity index (χ0n) is 16.7. The van der Waals surface area contributed by atoms with Gasteiger partial charge in [-0.1, -0.05) is 18.2 Å². The lowest BCUT2D eigenvalue weighted by Crippen LogP contribution is -2.63. The normalized spacial score (nSPS) is 17.9. The van der Waals surface area contributed by atoms with Gasteiger partial charge in [-0.05, 0) is 31.4 Å². The monoisotopic (exact) mass is 400 g/mol. The van der Waals surface area contributed by atoms with E-state index in [1.165, 1.54) is 4.90 Å². The fourth-order valence-corrected chi connectivity index (χ4v) is 3.47.